The van der Waals surface area contributed by atoms with Crippen molar-refractivity contribution in [3.63, 3.8) is 0 Å². The van der Waals surface area contributed by atoms with E-state index in [2.05, 4.69) is 6.92 Å². The number of rotatable bonds is 16. The third-order valence-electron chi connectivity index (χ3n) is 3.87. The Morgan fingerprint density at radius 3 is 2.12 bits per heavy atom. The van der Waals surface area contributed by atoms with Gasteiger partial charge >= 0.3 is 5.97 Å². The van der Waals surface area contributed by atoms with E-state index in [1.165, 1.54) is 76.0 Å². The number of aliphatic hydroxyl groups excluding tert-OH is 1. The van der Waals surface area contributed by atoms with Gasteiger partial charge in [-0.2, -0.15) is 0 Å². The highest BCUT2D eigenvalue weighted by molar-refractivity contribution is 8.47. The van der Waals surface area contributed by atoms with E-state index in [1.54, 1.807) is 11.8 Å². The maximum Gasteiger partial charge on any atom is 0.319 e. The predicted molar refractivity (Wildman–Crippen MR) is 117 cm³/mol. The summed E-state index contributed by atoms with van der Waals surface area (Å²) in [5.74, 6) is 0.787. The van der Waals surface area contributed by atoms with Crippen LogP contribution >= 0.6 is 35.7 Å². The third-order valence-corrected chi connectivity index (χ3v) is 6.62. The lowest BCUT2D eigenvalue weighted by atomic mass is 10.1. The van der Waals surface area contributed by atoms with Crippen molar-refractivity contribution in [3.8, 4) is 0 Å². The third kappa shape index (κ3) is 17.4. The number of aliphatic hydroxyl groups is 1. The van der Waals surface area contributed by atoms with Gasteiger partial charge < -0.3 is 9.84 Å². The maximum atomic E-state index is 11.7. The molecule has 1 atom stereocenters. The standard InChI is InChI=1S/C19H36O3S3/c1-3-4-5-6-7-8-9-10-11-12-16-24-19(23)25-17(2)18(21)22-15-13-14-20/h17,20H,3-16H2,1-2H3. The van der Waals surface area contributed by atoms with Gasteiger partial charge in [-0.25, -0.2) is 0 Å². The Labute approximate surface area is 168 Å². The van der Waals surface area contributed by atoms with Crippen LogP contribution in [0.4, 0.5) is 0 Å². The lowest BCUT2D eigenvalue weighted by molar-refractivity contribution is -0.142. The van der Waals surface area contributed by atoms with E-state index >= 15 is 0 Å². The van der Waals surface area contributed by atoms with Gasteiger partial charge in [0.2, 0.25) is 0 Å². The van der Waals surface area contributed by atoms with E-state index in [1.807, 2.05) is 6.92 Å². The molecule has 0 saturated carbocycles. The molecular formula is C19H36O3S3. The fraction of sp³-hybridized carbons (Fsp3) is 0.895. The molecule has 0 aliphatic rings. The van der Waals surface area contributed by atoms with Crippen molar-refractivity contribution in [2.45, 2.75) is 89.7 Å². The first-order chi connectivity index (χ1) is 12.1. The molecule has 0 aromatic carbocycles. The summed E-state index contributed by atoms with van der Waals surface area (Å²) >= 11 is 8.41. The first-order valence-electron chi connectivity index (χ1n) is 9.72. The van der Waals surface area contributed by atoms with Gasteiger partial charge in [-0.1, -0.05) is 88.7 Å². The molecule has 1 unspecified atom stereocenters. The lowest BCUT2D eigenvalue weighted by Crippen LogP contribution is -2.18. The summed E-state index contributed by atoms with van der Waals surface area (Å²) < 4.78 is 5.89. The summed E-state index contributed by atoms with van der Waals surface area (Å²) in [6.45, 7) is 4.40. The number of unbranched alkanes of at least 4 members (excludes halogenated alkanes) is 9. The molecule has 0 heterocycles. The Balaban J connectivity index is 3.44. The number of thiocarbonyl (C=S) groups is 1. The molecule has 6 heteroatoms. The van der Waals surface area contributed by atoms with Crippen molar-refractivity contribution < 1.29 is 14.6 Å². The van der Waals surface area contributed by atoms with Crippen LogP contribution in [0.2, 0.25) is 0 Å². The van der Waals surface area contributed by atoms with Gasteiger partial charge in [0.1, 0.15) is 8.78 Å². The quantitative estimate of drug-likeness (QED) is 0.193. The van der Waals surface area contributed by atoms with E-state index < -0.39 is 0 Å². The van der Waals surface area contributed by atoms with Crippen LogP contribution in [-0.2, 0) is 9.53 Å². The number of hydrogen-bond donors (Lipinski definition) is 1. The molecule has 25 heavy (non-hydrogen) atoms. The summed E-state index contributed by atoms with van der Waals surface area (Å²) in [7, 11) is 0. The van der Waals surface area contributed by atoms with Gasteiger partial charge in [-0.15, -0.1) is 11.8 Å². The average molecular weight is 409 g/mol. The molecule has 148 valence electrons. The Morgan fingerprint density at radius 2 is 1.56 bits per heavy atom. The second kappa shape index (κ2) is 19.0. The fourth-order valence-corrected chi connectivity index (χ4v) is 4.93. The monoisotopic (exact) mass is 408 g/mol. The molecule has 0 saturated heterocycles. The summed E-state index contributed by atoms with van der Waals surface area (Å²) in [6.07, 6.45) is 13.9. The van der Waals surface area contributed by atoms with Crippen molar-refractivity contribution in [2.24, 2.45) is 0 Å². The summed E-state index contributed by atoms with van der Waals surface area (Å²) in [5, 5.41) is 8.40. The minimum absolute atomic E-state index is 0.0436. The Hall–Kier alpha value is 0.220. The van der Waals surface area contributed by atoms with Gasteiger partial charge in [-0.05, 0) is 19.1 Å². The van der Waals surface area contributed by atoms with Crippen molar-refractivity contribution in [3.05, 3.63) is 0 Å². The van der Waals surface area contributed by atoms with E-state index in [4.69, 9.17) is 22.1 Å². The zero-order valence-corrected chi connectivity index (χ0v) is 18.4. The summed E-state index contributed by atoms with van der Waals surface area (Å²) in [5.41, 5.74) is 0. The Bertz CT molecular complexity index is 338. The summed E-state index contributed by atoms with van der Waals surface area (Å²) in [4.78, 5) is 11.7. The number of thioether (sulfide) groups is 2. The second-order valence-corrected chi connectivity index (χ2v) is 9.92. The molecule has 0 aromatic rings. The highest BCUT2D eigenvalue weighted by Gasteiger charge is 2.17. The van der Waals surface area contributed by atoms with Crippen LogP contribution in [0.25, 0.3) is 0 Å². The predicted octanol–water partition coefficient (Wildman–Crippen LogP) is 5.97. The fourth-order valence-electron chi connectivity index (χ4n) is 2.33. The number of ether oxygens (including phenoxy) is 1. The summed E-state index contributed by atoms with van der Waals surface area (Å²) in [6, 6.07) is 0. The van der Waals surface area contributed by atoms with E-state index in [-0.39, 0.29) is 24.4 Å². The highest BCUT2D eigenvalue weighted by Crippen LogP contribution is 2.24. The molecule has 0 amide bonds. The first-order valence-corrected chi connectivity index (χ1v) is 12.0. The molecule has 0 aliphatic heterocycles. The van der Waals surface area contributed by atoms with E-state index in [0.29, 0.717) is 6.42 Å². The molecule has 0 bridgehead atoms. The molecular weight excluding hydrogens is 372 g/mol. The average Bonchev–Trinajstić information content (AvgIpc) is 2.59. The van der Waals surface area contributed by atoms with Gasteiger partial charge in [0.15, 0.2) is 0 Å². The van der Waals surface area contributed by atoms with Gasteiger partial charge in [0.25, 0.3) is 0 Å². The maximum absolute atomic E-state index is 11.7. The van der Waals surface area contributed by atoms with E-state index in [9.17, 15) is 4.79 Å². The zero-order valence-electron chi connectivity index (χ0n) is 16.0. The normalized spacial score (nSPS) is 12.1. The molecule has 3 nitrogen and oxygen atoms in total. The number of esters is 1. The van der Waals surface area contributed by atoms with Crippen LogP contribution < -0.4 is 0 Å². The van der Waals surface area contributed by atoms with Crippen LogP contribution in [-0.4, -0.2) is 38.8 Å². The molecule has 1 N–H and O–H groups in total. The zero-order chi connectivity index (χ0) is 18.8. The van der Waals surface area contributed by atoms with Gasteiger partial charge in [0, 0.05) is 13.0 Å². The Kier molecular flexibility index (Phi) is 19.2. The largest absolute Gasteiger partial charge is 0.465 e. The topological polar surface area (TPSA) is 46.5 Å². The van der Waals surface area contributed by atoms with Crippen LogP contribution in [0.15, 0.2) is 0 Å². The van der Waals surface area contributed by atoms with Crippen LogP contribution in [0, 0.1) is 0 Å². The second-order valence-electron chi connectivity index (χ2n) is 6.29. The van der Waals surface area contributed by atoms with Gasteiger partial charge in [0.05, 0.1) is 6.61 Å². The molecule has 0 aliphatic carbocycles. The van der Waals surface area contributed by atoms with Crippen molar-refractivity contribution in [1.29, 1.82) is 0 Å². The number of carbonyl (C=O) groups is 1. The van der Waals surface area contributed by atoms with Crippen molar-refractivity contribution in [2.75, 3.05) is 19.0 Å². The molecule has 0 radical (unpaired) electrons. The first kappa shape index (κ1) is 25.2. The minimum Gasteiger partial charge on any atom is -0.465 e. The van der Waals surface area contributed by atoms with Crippen LogP contribution in [0.1, 0.15) is 84.5 Å². The molecule has 0 spiro atoms. The minimum atomic E-state index is -0.272. The van der Waals surface area contributed by atoms with Crippen molar-refractivity contribution in [1.82, 2.24) is 0 Å². The Morgan fingerprint density at radius 1 is 1.00 bits per heavy atom. The lowest BCUT2D eigenvalue weighted by Gasteiger charge is -2.11. The van der Waals surface area contributed by atoms with Crippen LogP contribution in [0.5, 0.6) is 0 Å². The molecule has 0 rings (SSSR count). The molecule has 0 aromatic heterocycles. The molecule has 0 fully saturated rings. The van der Waals surface area contributed by atoms with Crippen LogP contribution in [0.3, 0.4) is 0 Å². The highest BCUT2D eigenvalue weighted by atomic mass is 32.2. The number of hydrogen-bond acceptors (Lipinski definition) is 6. The smallest absolute Gasteiger partial charge is 0.319 e. The van der Waals surface area contributed by atoms with E-state index in [0.717, 1.165) is 9.28 Å². The number of carbonyl (C=O) groups excluding carboxylic acids is 1. The SMILES string of the molecule is CCCCCCCCCCCCSC(=S)SC(C)C(=O)OCCCO. The van der Waals surface area contributed by atoms with Gasteiger partial charge in [-0.3, -0.25) is 4.79 Å². The van der Waals surface area contributed by atoms with Crippen molar-refractivity contribution >= 4 is 45.2 Å².